The topological polar surface area (TPSA) is 38.0 Å². The molecule has 0 aliphatic carbocycles. The van der Waals surface area contributed by atoms with E-state index < -0.39 is 0 Å². The van der Waals surface area contributed by atoms with E-state index in [1.54, 1.807) is 10.8 Å². The van der Waals surface area contributed by atoms with Crippen molar-refractivity contribution in [3.05, 3.63) is 65.4 Å². The Morgan fingerprint density at radius 1 is 1.00 bits per heavy atom. The lowest BCUT2D eigenvalue weighted by Gasteiger charge is -2.06. The molecule has 0 saturated heterocycles. The zero-order valence-electron chi connectivity index (χ0n) is 11.0. The smallest absolute Gasteiger partial charge is 0.203 e. The van der Waals surface area contributed by atoms with Crippen molar-refractivity contribution in [3.63, 3.8) is 0 Å². The Morgan fingerprint density at radius 2 is 1.90 bits per heavy atom. The van der Waals surface area contributed by atoms with Gasteiger partial charge >= 0.3 is 0 Å². The zero-order chi connectivity index (χ0) is 14.4. The third-order valence-electron chi connectivity index (χ3n) is 3.62. The summed E-state index contributed by atoms with van der Waals surface area (Å²) in [5.41, 5.74) is 1.86. The minimum atomic E-state index is 0.245. The van der Waals surface area contributed by atoms with E-state index in [0.717, 1.165) is 31.8 Å². The number of nitrogens with zero attached hydrogens (tertiary/aromatic N) is 2. The molecule has 2 aromatic carbocycles. The van der Waals surface area contributed by atoms with Crippen LogP contribution in [0.5, 0.6) is 5.88 Å². The fourth-order valence-corrected chi connectivity index (χ4v) is 2.94. The number of rotatable bonds is 1. The van der Waals surface area contributed by atoms with Gasteiger partial charge in [0.25, 0.3) is 0 Å². The molecular formula is C17H11BrN2O. The summed E-state index contributed by atoms with van der Waals surface area (Å²) < 4.78 is 2.74. The average Bonchev–Trinajstić information content (AvgIpc) is 2.84. The van der Waals surface area contributed by atoms with Crippen LogP contribution in [0.3, 0.4) is 0 Å². The Morgan fingerprint density at radius 3 is 2.81 bits per heavy atom. The normalized spacial score (nSPS) is 11.3. The number of hydrogen-bond donors (Lipinski definition) is 1. The minimum absolute atomic E-state index is 0.245. The summed E-state index contributed by atoms with van der Waals surface area (Å²) in [4.78, 5) is 4.31. The summed E-state index contributed by atoms with van der Waals surface area (Å²) in [6.07, 6.45) is 3.72. The van der Waals surface area contributed by atoms with E-state index in [2.05, 4.69) is 20.9 Å². The number of aromatic hydroxyl groups is 1. The third-order valence-corrected chi connectivity index (χ3v) is 4.11. The van der Waals surface area contributed by atoms with Gasteiger partial charge in [-0.25, -0.2) is 0 Å². The van der Waals surface area contributed by atoms with Crippen LogP contribution >= 0.6 is 15.9 Å². The molecule has 0 saturated carbocycles. The average molecular weight is 339 g/mol. The van der Waals surface area contributed by atoms with Crippen LogP contribution in [0.2, 0.25) is 0 Å². The molecule has 4 aromatic rings. The molecule has 0 spiro atoms. The van der Waals surface area contributed by atoms with Crippen molar-refractivity contribution >= 4 is 37.6 Å². The van der Waals surface area contributed by atoms with Gasteiger partial charge in [0, 0.05) is 38.7 Å². The van der Waals surface area contributed by atoms with Gasteiger partial charge in [-0.15, -0.1) is 0 Å². The molecular weight excluding hydrogens is 328 g/mol. The van der Waals surface area contributed by atoms with E-state index in [0.29, 0.717) is 0 Å². The van der Waals surface area contributed by atoms with Crippen molar-refractivity contribution in [1.29, 1.82) is 0 Å². The van der Waals surface area contributed by atoms with E-state index in [4.69, 9.17) is 0 Å². The molecule has 0 aliphatic heterocycles. The van der Waals surface area contributed by atoms with Gasteiger partial charge in [-0.1, -0.05) is 28.1 Å². The van der Waals surface area contributed by atoms with Crippen LogP contribution in [-0.4, -0.2) is 14.7 Å². The predicted molar refractivity (Wildman–Crippen MR) is 87.9 cm³/mol. The molecule has 21 heavy (non-hydrogen) atoms. The summed E-state index contributed by atoms with van der Waals surface area (Å²) in [5, 5.41) is 13.3. The van der Waals surface area contributed by atoms with Crippen LogP contribution in [0.1, 0.15) is 0 Å². The molecule has 102 valence electrons. The zero-order valence-corrected chi connectivity index (χ0v) is 12.6. The third kappa shape index (κ3) is 1.99. The molecule has 2 aromatic heterocycles. The van der Waals surface area contributed by atoms with Gasteiger partial charge < -0.3 is 5.11 Å². The molecule has 0 radical (unpaired) electrons. The molecule has 0 unspecified atom stereocenters. The Kier molecular flexibility index (Phi) is 2.72. The number of aromatic nitrogens is 2. The summed E-state index contributed by atoms with van der Waals surface area (Å²) in [5.74, 6) is 0.245. The van der Waals surface area contributed by atoms with Crippen LogP contribution in [0.15, 0.2) is 65.4 Å². The van der Waals surface area contributed by atoms with Gasteiger partial charge in [0.1, 0.15) is 0 Å². The Balaban J connectivity index is 1.97. The summed E-state index contributed by atoms with van der Waals surface area (Å²) in [7, 11) is 0. The lowest BCUT2D eigenvalue weighted by molar-refractivity contribution is 0.448. The SMILES string of the molecule is Oc1c2cc(Br)ccc2cn1-c1ccc2ncccc2c1. The Bertz CT molecular complexity index is 975. The lowest BCUT2D eigenvalue weighted by Crippen LogP contribution is -1.91. The number of hydrogen-bond acceptors (Lipinski definition) is 2. The van der Waals surface area contributed by atoms with E-state index >= 15 is 0 Å². The van der Waals surface area contributed by atoms with Gasteiger partial charge in [-0.3, -0.25) is 9.55 Å². The van der Waals surface area contributed by atoms with Crippen molar-refractivity contribution in [2.75, 3.05) is 0 Å². The van der Waals surface area contributed by atoms with Gasteiger partial charge in [-0.2, -0.15) is 0 Å². The standard InChI is InChI=1S/C17H11BrN2O/c18-13-4-3-12-10-20(17(21)15(12)9-13)14-5-6-16-11(8-14)2-1-7-19-16/h1-10,21H. The second-order valence-electron chi connectivity index (χ2n) is 4.93. The molecule has 3 nitrogen and oxygen atoms in total. The van der Waals surface area contributed by atoms with Crippen molar-refractivity contribution in [2.45, 2.75) is 0 Å². The Hall–Kier alpha value is -2.33. The van der Waals surface area contributed by atoms with E-state index in [9.17, 15) is 5.11 Å². The summed E-state index contributed by atoms with van der Waals surface area (Å²) in [6.45, 7) is 0. The molecule has 0 bridgehead atoms. The highest BCUT2D eigenvalue weighted by atomic mass is 79.9. The molecule has 1 N–H and O–H groups in total. The summed E-state index contributed by atoms with van der Waals surface area (Å²) >= 11 is 3.44. The molecule has 4 rings (SSSR count). The second kappa shape index (κ2) is 4.60. The van der Waals surface area contributed by atoms with Crippen molar-refractivity contribution < 1.29 is 5.11 Å². The van der Waals surface area contributed by atoms with Crippen molar-refractivity contribution in [3.8, 4) is 11.6 Å². The predicted octanol–water partition coefficient (Wildman–Crippen LogP) is 4.65. The maximum atomic E-state index is 10.5. The molecule has 2 heterocycles. The highest BCUT2D eigenvalue weighted by molar-refractivity contribution is 9.10. The number of benzene rings is 2. The number of pyridine rings is 1. The van der Waals surface area contributed by atoms with Gasteiger partial charge in [0.05, 0.1) is 5.52 Å². The fourth-order valence-electron chi connectivity index (χ4n) is 2.57. The van der Waals surface area contributed by atoms with E-state index in [1.165, 1.54) is 0 Å². The highest BCUT2D eigenvalue weighted by Crippen LogP contribution is 2.32. The van der Waals surface area contributed by atoms with Crippen LogP contribution < -0.4 is 0 Å². The number of fused-ring (bicyclic) bond motifs is 2. The molecule has 0 aliphatic rings. The Labute approximate surface area is 129 Å². The van der Waals surface area contributed by atoms with Crippen molar-refractivity contribution in [1.82, 2.24) is 9.55 Å². The summed E-state index contributed by atoms with van der Waals surface area (Å²) in [6, 6.07) is 15.8. The maximum Gasteiger partial charge on any atom is 0.203 e. The first-order valence-electron chi connectivity index (χ1n) is 6.57. The molecule has 0 atom stereocenters. The molecule has 0 fully saturated rings. The minimum Gasteiger partial charge on any atom is -0.494 e. The molecule has 4 heteroatoms. The van der Waals surface area contributed by atoms with Crippen LogP contribution in [-0.2, 0) is 0 Å². The largest absolute Gasteiger partial charge is 0.494 e. The second-order valence-corrected chi connectivity index (χ2v) is 5.85. The van der Waals surface area contributed by atoms with Crippen LogP contribution in [0, 0.1) is 0 Å². The van der Waals surface area contributed by atoms with Gasteiger partial charge in [-0.05, 0) is 36.4 Å². The van der Waals surface area contributed by atoms with Gasteiger partial charge in [0.15, 0.2) is 0 Å². The van der Waals surface area contributed by atoms with E-state index in [1.807, 2.05) is 54.7 Å². The maximum absolute atomic E-state index is 10.5. The van der Waals surface area contributed by atoms with Crippen LogP contribution in [0.4, 0.5) is 0 Å². The van der Waals surface area contributed by atoms with Crippen LogP contribution in [0.25, 0.3) is 27.4 Å². The fraction of sp³-hybridized carbons (Fsp3) is 0. The molecule has 0 amide bonds. The van der Waals surface area contributed by atoms with Crippen molar-refractivity contribution in [2.24, 2.45) is 0 Å². The van der Waals surface area contributed by atoms with Gasteiger partial charge in [0.2, 0.25) is 5.88 Å². The monoisotopic (exact) mass is 338 g/mol. The number of halogens is 1. The first-order chi connectivity index (χ1) is 10.2. The first-order valence-corrected chi connectivity index (χ1v) is 7.36. The highest BCUT2D eigenvalue weighted by Gasteiger charge is 2.10. The first kappa shape index (κ1) is 12.4. The lowest BCUT2D eigenvalue weighted by atomic mass is 10.2. The quantitative estimate of drug-likeness (QED) is 0.548. The van der Waals surface area contributed by atoms with E-state index in [-0.39, 0.29) is 5.88 Å².